The summed E-state index contributed by atoms with van der Waals surface area (Å²) in [5.74, 6) is -0.763. The molecule has 10 nitrogen and oxygen atoms in total. The van der Waals surface area contributed by atoms with Crippen LogP contribution in [0.5, 0.6) is 17.2 Å². The summed E-state index contributed by atoms with van der Waals surface area (Å²) in [6.45, 7) is 2.99. The SMILES string of the molecule is CC(C)Oc1ccc2c(O)c(O[C@@H]3O[C@H](CO)[C@H](O)[C@H](O)[C@H]3O)c(=O)oc2c1. The van der Waals surface area contributed by atoms with Gasteiger partial charge in [0.25, 0.3) is 5.75 Å². The van der Waals surface area contributed by atoms with Gasteiger partial charge in [-0.25, -0.2) is 4.79 Å². The molecule has 0 saturated carbocycles. The van der Waals surface area contributed by atoms with E-state index in [1.807, 2.05) is 13.8 Å². The molecule has 3 rings (SSSR count). The first-order valence-electron chi connectivity index (χ1n) is 8.66. The molecule has 0 aliphatic carbocycles. The van der Waals surface area contributed by atoms with Crippen LogP contribution in [0.15, 0.2) is 27.4 Å². The second-order valence-corrected chi connectivity index (χ2v) is 6.71. The Bertz CT molecular complexity index is 890. The second kappa shape index (κ2) is 7.94. The van der Waals surface area contributed by atoms with Gasteiger partial charge in [0, 0.05) is 6.07 Å². The molecule has 28 heavy (non-hydrogen) atoms. The molecule has 0 radical (unpaired) electrons. The highest BCUT2D eigenvalue weighted by Crippen LogP contribution is 2.35. The van der Waals surface area contributed by atoms with Crippen LogP contribution in [-0.4, -0.2) is 68.9 Å². The summed E-state index contributed by atoms with van der Waals surface area (Å²) in [5.41, 5.74) is -0.995. The molecule has 0 amide bonds. The average Bonchev–Trinajstić information content (AvgIpc) is 2.64. The van der Waals surface area contributed by atoms with Crippen molar-refractivity contribution in [2.75, 3.05) is 6.61 Å². The fourth-order valence-electron chi connectivity index (χ4n) is 2.88. The lowest BCUT2D eigenvalue weighted by Gasteiger charge is -2.39. The van der Waals surface area contributed by atoms with Crippen LogP contribution in [0.4, 0.5) is 0 Å². The predicted octanol–water partition coefficient (Wildman–Crippen LogP) is -0.536. The largest absolute Gasteiger partial charge is 0.504 e. The monoisotopic (exact) mass is 398 g/mol. The Labute approximate surface area is 159 Å². The molecule has 0 spiro atoms. The number of hydrogen-bond acceptors (Lipinski definition) is 10. The number of rotatable bonds is 5. The summed E-state index contributed by atoms with van der Waals surface area (Å²) >= 11 is 0. The van der Waals surface area contributed by atoms with E-state index in [1.54, 1.807) is 6.07 Å². The predicted molar refractivity (Wildman–Crippen MR) is 94.3 cm³/mol. The maximum atomic E-state index is 12.3. The maximum absolute atomic E-state index is 12.3. The van der Waals surface area contributed by atoms with E-state index in [2.05, 4.69) is 0 Å². The Morgan fingerprint density at radius 1 is 1.14 bits per heavy atom. The Balaban J connectivity index is 1.94. The first kappa shape index (κ1) is 20.4. The number of ether oxygens (including phenoxy) is 3. The van der Waals surface area contributed by atoms with Crippen molar-refractivity contribution < 1.29 is 44.2 Å². The molecular weight excluding hydrogens is 376 g/mol. The van der Waals surface area contributed by atoms with E-state index in [9.17, 15) is 30.3 Å². The zero-order chi connectivity index (χ0) is 20.6. The van der Waals surface area contributed by atoms with Crippen molar-refractivity contribution in [1.82, 2.24) is 0 Å². The number of aliphatic hydroxyl groups excluding tert-OH is 4. The van der Waals surface area contributed by atoms with Crippen molar-refractivity contribution in [3.05, 3.63) is 28.6 Å². The second-order valence-electron chi connectivity index (χ2n) is 6.71. The Morgan fingerprint density at radius 2 is 1.86 bits per heavy atom. The maximum Gasteiger partial charge on any atom is 0.383 e. The van der Waals surface area contributed by atoms with Gasteiger partial charge in [-0.3, -0.25) is 0 Å². The Hall–Kier alpha value is -2.37. The molecular formula is C18H22O10. The summed E-state index contributed by atoms with van der Waals surface area (Å²) in [6.07, 6.45) is -7.98. The minimum atomic E-state index is -1.74. The van der Waals surface area contributed by atoms with Gasteiger partial charge in [0.15, 0.2) is 5.75 Å². The molecule has 10 heteroatoms. The summed E-state index contributed by atoms with van der Waals surface area (Å²) in [5, 5.41) is 49.4. The molecule has 154 valence electrons. The van der Waals surface area contributed by atoms with E-state index < -0.39 is 54.4 Å². The van der Waals surface area contributed by atoms with Crippen LogP contribution in [0.25, 0.3) is 11.0 Å². The first-order chi connectivity index (χ1) is 13.2. The molecule has 5 atom stereocenters. The molecule has 5 N–H and O–H groups in total. The molecule has 1 aliphatic rings. The normalized spacial score (nSPS) is 27.9. The lowest BCUT2D eigenvalue weighted by molar-refractivity contribution is -0.278. The van der Waals surface area contributed by atoms with E-state index in [4.69, 9.17) is 18.6 Å². The van der Waals surface area contributed by atoms with Crippen LogP contribution in [0.3, 0.4) is 0 Å². The van der Waals surface area contributed by atoms with Gasteiger partial charge in [-0.1, -0.05) is 0 Å². The van der Waals surface area contributed by atoms with Crippen LogP contribution < -0.4 is 15.1 Å². The molecule has 1 aromatic carbocycles. The highest BCUT2D eigenvalue weighted by Gasteiger charge is 2.45. The third-order valence-corrected chi connectivity index (χ3v) is 4.27. The lowest BCUT2D eigenvalue weighted by Crippen LogP contribution is -2.60. The van der Waals surface area contributed by atoms with E-state index in [0.29, 0.717) is 5.75 Å². The van der Waals surface area contributed by atoms with Crippen molar-refractivity contribution in [2.24, 2.45) is 0 Å². The molecule has 1 aromatic heterocycles. The smallest absolute Gasteiger partial charge is 0.383 e. The highest BCUT2D eigenvalue weighted by molar-refractivity contribution is 5.86. The van der Waals surface area contributed by atoms with Gasteiger partial charge < -0.3 is 44.2 Å². The number of hydrogen-bond donors (Lipinski definition) is 5. The van der Waals surface area contributed by atoms with Crippen LogP contribution in [-0.2, 0) is 4.74 Å². The van der Waals surface area contributed by atoms with Crippen molar-refractivity contribution in [3.8, 4) is 17.2 Å². The van der Waals surface area contributed by atoms with Gasteiger partial charge >= 0.3 is 5.63 Å². The van der Waals surface area contributed by atoms with Gasteiger partial charge in [-0.2, -0.15) is 0 Å². The number of fused-ring (bicyclic) bond motifs is 1. The minimum Gasteiger partial charge on any atom is -0.504 e. The summed E-state index contributed by atoms with van der Waals surface area (Å²) < 4.78 is 21.1. The van der Waals surface area contributed by atoms with E-state index in [0.717, 1.165) is 0 Å². The quantitative estimate of drug-likeness (QED) is 0.414. The standard InChI is InChI=1S/C18H22O10/c1-7(2)25-8-3-4-9-10(5-8)26-17(24)16(12(9)20)28-18-15(23)14(22)13(21)11(6-19)27-18/h3-5,7,11,13-15,18-23H,6H2,1-2H3/t11-,13+,14+,15-,18+/m1/s1. The van der Waals surface area contributed by atoms with E-state index in [-0.39, 0.29) is 17.1 Å². The van der Waals surface area contributed by atoms with Gasteiger partial charge in [0.05, 0.1) is 18.1 Å². The van der Waals surface area contributed by atoms with E-state index >= 15 is 0 Å². The van der Waals surface area contributed by atoms with Crippen LogP contribution >= 0.6 is 0 Å². The summed E-state index contributed by atoms with van der Waals surface area (Å²) in [7, 11) is 0. The van der Waals surface area contributed by atoms with Crippen molar-refractivity contribution in [3.63, 3.8) is 0 Å². The minimum absolute atomic E-state index is 0.0572. The van der Waals surface area contributed by atoms with Crippen LogP contribution in [0, 0.1) is 0 Å². The van der Waals surface area contributed by atoms with Crippen molar-refractivity contribution >= 4 is 11.0 Å². The highest BCUT2D eigenvalue weighted by atomic mass is 16.7. The Morgan fingerprint density at radius 3 is 2.50 bits per heavy atom. The fraction of sp³-hybridized carbons (Fsp3) is 0.500. The average molecular weight is 398 g/mol. The van der Waals surface area contributed by atoms with Gasteiger partial charge in [-0.15, -0.1) is 0 Å². The van der Waals surface area contributed by atoms with Crippen molar-refractivity contribution in [2.45, 2.75) is 50.7 Å². The van der Waals surface area contributed by atoms with Gasteiger partial charge in [0.1, 0.15) is 35.7 Å². The molecule has 1 saturated heterocycles. The van der Waals surface area contributed by atoms with Gasteiger partial charge in [-0.05, 0) is 26.0 Å². The first-order valence-corrected chi connectivity index (χ1v) is 8.66. The Kier molecular flexibility index (Phi) is 5.77. The zero-order valence-electron chi connectivity index (χ0n) is 15.2. The van der Waals surface area contributed by atoms with Crippen molar-refractivity contribution in [1.29, 1.82) is 0 Å². The topological polar surface area (TPSA) is 159 Å². The molecule has 0 unspecified atom stereocenters. The van der Waals surface area contributed by atoms with Crippen LogP contribution in [0.1, 0.15) is 13.8 Å². The summed E-state index contributed by atoms with van der Waals surface area (Å²) in [4.78, 5) is 12.3. The molecule has 0 bridgehead atoms. The van der Waals surface area contributed by atoms with E-state index in [1.165, 1.54) is 12.1 Å². The fourth-order valence-corrected chi connectivity index (χ4v) is 2.88. The molecule has 2 aromatic rings. The number of benzene rings is 1. The van der Waals surface area contributed by atoms with Gasteiger partial charge in [0.2, 0.25) is 6.29 Å². The molecule has 2 heterocycles. The molecule has 1 fully saturated rings. The third-order valence-electron chi connectivity index (χ3n) is 4.27. The third kappa shape index (κ3) is 3.77. The zero-order valence-corrected chi connectivity index (χ0v) is 15.2. The molecule has 1 aliphatic heterocycles. The summed E-state index contributed by atoms with van der Waals surface area (Å²) in [6, 6.07) is 4.47. The number of aliphatic hydroxyl groups is 4. The van der Waals surface area contributed by atoms with Crippen LogP contribution in [0.2, 0.25) is 0 Å². The lowest BCUT2D eigenvalue weighted by atomic mass is 9.99. The number of aromatic hydroxyl groups is 1.